The Labute approximate surface area is 112 Å². The van der Waals surface area contributed by atoms with Crippen molar-refractivity contribution in [2.24, 2.45) is 0 Å². The molecule has 19 heavy (non-hydrogen) atoms. The topological polar surface area (TPSA) is 48.3 Å². The van der Waals surface area contributed by atoms with Gasteiger partial charge in [-0.3, -0.25) is 9.59 Å². The van der Waals surface area contributed by atoms with E-state index in [4.69, 9.17) is 4.74 Å². The summed E-state index contributed by atoms with van der Waals surface area (Å²) in [7, 11) is 0. The van der Waals surface area contributed by atoms with Gasteiger partial charge in [0.05, 0.1) is 19.6 Å². The van der Waals surface area contributed by atoms with Crippen LogP contribution in [-0.4, -0.2) is 22.9 Å². The molecule has 0 amide bonds. The van der Waals surface area contributed by atoms with Crippen LogP contribution in [0.3, 0.4) is 0 Å². The number of hydrogen-bond acceptors (Lipinski definition) is 3. The summed E-state index contributed by atoms with van der Waals surface area (Å²) in [6.45, 7) is 2.41. The van der Waals surface area contributed by atoms with Crippen LogP contribution in [0.5, 0.6) is 0 Å². The highest BCUT2D eigenvalue weighted by atomic mass is 16.5. The molecule has 0 unspecified atom stereocenters. The van der Waals surface area contributed by atoms with Gasteiger partial charge >= 0.3 is 5.97 Å². The predicted octanol–water partition coefficient (Wildman–Crippen LogP) is 2.55. The third kappa shape index (κ3) is 3.44. The van der Waals surface area contributed by atoms with Crippen molar-refractivity contribution in [2.75, 3.05) is 6.61 Å². The molecule has 0 aliphatic rings. The first-order valence-corrected chi connectivity index (χ1v) is 6.42. The van der Waals surface area contributed by atoms with Crippen LogP contribution in [0.2, 0.25) is 0 Å². The van der Waals surface area contributed by atoms with Gasteiger partial charge in [-0.25, -0.2) is 0 Å². The van der Waals surface area contributed by atoms with E-state index in [2.05, 4.69) is 0 Å². The van der Waals surface area contributed by atoms with Gasteiger partial charge in [-0.2, -0.15) is 0 Å². The molecule has 1 aromatic carbocycles. The van der Waals surface area contributed by atoms with E-state index in [1.54, 1.807) is 6.92 Å². The number of hydrogen-bond donors (Lipinski definition) is 0. The zero-order valence-corrected chi connectivity index (χ0v) is 11.0. The van der Waals surface area contributed by atoms with Crippen molar-refractivity contribution in [3.05, 3.63) is 36.5 Å². The number of carbonyl (C=O) groups is 2. The quantitative estimate of drug-likeness (QED) is 0.749. The van der Waals surface area contributed by atoms with Crippen LogP contribution >= 0.6 is 0 Å². The Hall–Kier alpha value is -2.10. The smallest absolute Gasteiger partial charge is 0.306 e. The molecule has 0 atom stereocenters. The molecule has 0 aliphatic heterocycles. The van der Waals surface area contributed by atoms with Gasteiger partial charge in [-0.05, 0) is 24.4 Å². The molecule has 1 heterocycles. The molecule has 0 spiro atoms. The number of para-hydroxylation sites is 1. The Morgan fingerprint density at radius 1 is 1.16 bits per heavy atom. The number of fused-ring (bicyclic) bond motifs is 1. The summed E-state index contributed by atoms with van der Waals surface area (Å²) >= 11 is 0. The number of aromatic nitrogens is 1. The van der Waals surface area contributed by atoms with Crippen LogP contribution < -0.4 is 0 Å². The van der Waals surface area contributed by atoms with Crippen molar-refractivity contribution in [2.45, 2.75) is 26.3 Å². The molecule has 0 saturated heterocycles. The Balaban J connectivity index is 1.94. The molecule has 0 aliphatic carbocycles. The van der Waals surface area contributed by atoms with Crippen molar-refractivity contribution >= 4 is 22.7 Å². The highest BCUT2D eigenvalue weighted by molar-refractivity contribution is 5.85. The van der Waals surface area contributed by atoms with E-state index in [1.807, 2.05) is 41.1 Å². The van der Waals surface area contributed by atoms with E-state index in [-0.39, 0.29) is 24.6 Å². The van der Waals surface area contributed by atoms with E-state index in [1.165, 1.54) is 0 Å². The van der Waals surface area contributed by atoms with Crippen molar-refractivity contribution < 1.29 is 14.3 Å². The number of esters is 1. The van der Waals surface area contributed by atoms with Crippen molar-refractivity contribution in [1.29, 1.82) is 0 Å². The van der Waals surface area contributed by atoms with Crippen LogP contribution in [0.25, 0.3) is 10.9 Å². The van der Waals surface area contributed by atoms with E-state index < -0.39 is 0 Å². The minimum atomic E-state index is -0.312. The van der Waals surface area contributed by atoms with E-state index in [0.29, 0.717) is 13.2 Å². The number of ketones is 1. The zero-order valence-electron chi connectivity index (χ0n) is 11.0. The summed E-state index contributed by atoms with van der Waals surface area (Å²) < 4.78 is 6.71. The molecule has 100 valence electrons. The minimum Gasteiger partial charge on any atom is -0.466 e. The van der Waals surface area contributed by atoms with Gasteiger partial charge in [0.1, 0.15) is 0 Å². The maximum absolute atomic E-state index is 11.8. The van der Waals surface area contributed by atoms with Crippen molar-refractivity contribution in [1.82, 2.24) is 4.57 Å². The number of carbonyl (C=O) groups excluding carboxylic acids is 2. The number of benzene rings is 1. The number of rotatable bonds is 6. The zero-order chi connectivity index (χ0) is 13.7. The maximum Gasteiger partial charge on any atom is 0.306 e. The molecule has 0 radical (unpaired) electrons. The molecule has 2 rings (SSSR count). The first kappa shape index (κ1) is 13.3. The molecule has 2 aromatic rings. The fraction of sp³-hybridized carbons (Fsp3) is 0.333. The average molecular weight is 259 g/mol. The van der Waals surface area contributed by atoms with Crippen LogP contribution in [0.15, 0.2) is 36.5 Å². The molecule has 0 fully saturated rings. The Morgan fingerprint density at radius 2 is 1.95 bits per heavy atom. The maximum atomic E-state index is 11.8. The summed E-state index contributed by atoms with van der Waals surface area (Å²) in [6.07, 6.45) is 2.28. The number of ether oxygens (including phenoxy) is 1. The lowest BCUT2D eigenvalue weighted by molar-refractivity contribution is -0.144. The first-order chi connectivity index (χ1) is 9.20. The normalized spacial score (nSPS) is 10.6. The highest BCUT2D eigenvalue weighted by Gasteiger charge is 2.09. The molecule has 4 nitrogen and oxygen atoms in total. The van der Waals surface area contributed by atoms with E-state index in [0.717, 1.165) is 10.9 Å². The van der Waals surface area contributed by atoms with Gasteiger partial charge in [-0.1, -0.05) is 18.2 Å². The fourth-order valence-electron chi connectivity index (χ4n) is 2.02. The lowest BCUT2D eigenvalue weighted by Crippen LogP contribution is -2.12. The first-order valence-electron chi connectivity index (χ1n) is 6.42. The lowest BCUT2D eigenvalue weighted by Gasteiger charge is -2.05. The number of Topliss-reactive ketones (excluding diaryl/α,β-unsaturated/α-hetero) is 1. The Kier molecular flexibility index (Phi) is 4.34. The Morgan fingerprint density at radius 3 is 2.74 bits per heavy atom. The third-order valence-electron chi connectivity index (χ3n) is 2.94. The molecular weight excluding hydrogens is 242 g/mol. The average Bonchev–Trinajstić information content (AvgIpc) is 2.80. The molecule has 1 aromatic heterocycles. The molecule has 4 heteroatoms. The monoisotopic (exact) mass is 259 g/mol. The van der Waals surface area contributed by atoms with Gasteiger partial charge < -0.3 is 9.30 Å². The number of nitrogens with zero attached hydrogens (tertiary/aromatic N) is 1. The highest BCUT2D eigenvalue weighted by Crippen LogP contribution is 2.15. The van der Waals surface area contributed by atoms with Crippen LogP contribution in [-0.2, 0) is 20.9 Å². The predicted molar refractivity (Wildman–Crippen MR) is 72.8 cm³/mol. The molecular formula is C15H17NO3. The van der Waals surface area contributed by atoms with Gasteiger partial charge in [-0.15, -0.1) is 0 Å². The van der Waals surface area contributed by atoms with Crippen LogP contribution in [0.1, 0.15) is 19.8 Å². The van der Waals surface area contributed by atoms with E-state index in [9.17, 15) is 9.59 Å². The third-order valence-corrected chi connectivity index (χ3v) is 2.94. The second kappa shape index (κ2) is 6.18. The van der Waals surface area contributed by atoms with Crippen LogP contribution in [0, 0.1) is 0 Å². The Bertz CT molecular complexity index is 586. The largest absolute Gasteiger partial charge is 0.466 e. The van der Waals surface area contributed by atoms with Crippen molar-refractivity contribution in [3.8, 4) is 0 Å². The van der Waals surface area contributed by atoms with Crippen LogP contribution in [0.4, 0.5) is 0 Å². The summed E-state index contributed by atoms with van der Waals surface area (Å²) in [5.74, 6) is -0.275. The summed E-state index contributed by atoms with van der Waals surface area (Å²) in [4.78, 5) is 23.0. The standard InChI is InChI=1S/C15H17NO3/c1-2-19-15(18)8-7-13(17)11-16-10-9-12-5-3-4-6-14(12)16/h3-6,9-10H,2,7-8,11H2,1H3. The molecule has 0 N–H and O–H groups in total. The van der Waals surface area contributed by atoms with Gasteiger partial charge in [0.25, 0.3) is 0 Å². The SMILES string of the molecule is CCOC(=O)CCC(=O)Cn1ccc2ccccc21. The molecule has 0 saturated carbocycles. The summed E-state index contributed by atoms with van der Waals surface area (Å²) in [6, 6.07) is 9.88. The molecule has 0 bridgehead atoms. The summed E-state index contributed by atoms with van der Waals surface area (Å²) in [5, 5.41) is 1.11. The second-order valence-corrected chi connectivity index (χ2v) is 4.35. The van der Waals surface area contributed by atoms with Gasteiger partial charge in [0, 0.05) is 18.1 Å². The summed E-state index contributed by atoms with van der Waals surface area (Å²) in [5.41, 5.74) is 1.03. The van der Waals surface area contributed by atoms with Crippen molar-refractivity contribution in [3.63, 3.8) is 0 Å². The van der Waals surface area contributed by atoms with Gasteiger partial charge in [0.2, 0.25) is 0 Å². The fourth-order valence-corrected chi connectivity index (χ4v) is 2.02. The van der Waals surface area contributed by atoms with E-state index >= 15 is 0 Å². The minimum absolute atomic E-state index is 0.0365. The second-order valence-electron chi connectivity index (χ2n) is 4.35. The lowest BCUT2D eigenvalue weighted by atomic mass is 10.2. The van der Waals surface area contributed by atoms with Gasteiger partial charge in [0.15, 0.2) is 5.78 Å².